The number of rotatable bonds is 2. The molecule has 1 unspecified atom stereocenters. The summed E-state index contributed by atoms with van der Waals surface area (Å²) in [6.07, 6.45) is 1.84. The fourth-order valence-corrected chi connectivity index (χ4v) is 1.88. The lowest BCUT2D eigenvalue weighted by molar-refractivity contribution is 0.192. The summed E-state index contributed by atoms with van der Waals surface area (Å²) in [5.74, 6) is 0.720. The van der Waals surface area contributed by atoms with Crippen molar-refractivity contribution in [2.45, 2.75) is 19.4 Å². The first-order chi connectivity index (χ1) is 7.09. The fourth-order valence-electron chi connectivity index (χ4n) is 1.59. The van der Waals surface area contributed by atoms with Crippen LogP contribution in [-0.2, 0) is 6.42 Å². The number of hydrogen-bond acceptors (Lipinski definition) is 3. The van der Waals surface area contributed by atoms with Crippen LogP contribution in [0.2, 0.25) is 5.15 Å². The van der Waals surface area contributed by atoms with E-state index in [0.717, 1.165) is 5.82 Å². The SMILES string of the molecule is CC(O)Cc1nc(Cl)c2c(N)cccn12. The molecule has 0 spiro atoms. The average molecular weight is 226 g/mol. The third-order valence-corrected chi connectivity index (χ3v) is 2.47. The molecule has 1 atom stereocenters. The number of pyridine rings is 1. The quantitative estimate of drug-likeness (QED) is 0.814. The Bertz CT molecular complexity index is 493. The van der Waals surface area contributed by atoms with E-state index in [4.69, 9.17) is 17.3 Å². The van der Waals surface area contributed by atoms with Crippen LogP contribution < -0.4 is 5.73 Å². The van der Waals surface area contributed by atoms with Gasteiger partial charge in [0.15, 0.2) is 5.15 Å². The van der Waals surface area contributed by atoms with Gasteiger partial charge in [0.25, 0.3) is 0 Å². The Kier molecular flexibility index (Phi) is 2.54. The summed E-state index contributed by atoms with van der Waals surface area (Å²) in [5, 5.41) is 9.69. The number of anilines is 1. The number of halogens is 1. The number of aliphatic hydroxyl groups excluding tert-OH is 1. The Morgan fingerprint density at radius 2 is 2.40 bits per heavy atom. The van der Waals surface area contributed by atoms with E-state index in [2.05, 4.69) is 4.98 Å². The van der Waals surface area contributed by atoms with Gasteiger partial charge in [0.05, 0.1) is 11.8 Å². The molecule has 5 heteroatoms. The van der Waals surface area contributed by atoms with Crippen LogP contribution in [0.4, 0.5) is 5.69 Å². The molecular formula is C10H12ClN3O. The van der Waals surface area contributed by atoms with Crippen molar-refractivity contribution >= 4 is 22.8 Å². The molecule has 0 saturated heterocycles. The molecule has 0 fully saturated rings. The van der Waals surface area contributed by atoms with Crippen LogP contribution in [0.3, 0.4) is 0 Å². The second-order valence-electron chi connectivity index (χ2n) is 3.55. The van der Waals surface area contributed by atoms with Gasteiger partial charge in [0.1, 0.15) is 11.3 Å². The molecule has 80 valence electrons. The zero-order valence-electron chi connectivity index (χ0n) is 8.31. The van der Waals surface area contributed by atoms with Gasteiger partial charge in [0.2, 0.25) is 0 Å². The Morgan fingerprint density at radius 3 is 3.07 bits per heavy atom. The topological polar surface area (TPSA) is 63.5 Å². The maximum atomic E-state index is 9.32. The largest absolute Gasteiger partial charge is 0.397 e. The first-order valence-electron chi connectivity index (χ1n) is 4.68. The maximum Gasteiger partial charge on any atom is 0.157 e. The monoisotopic (exact) mass is 225 g/mol. The fraction of sp³-hybridized carbons (Fsp3) is 0.300. The molecule has 4 nitrogen and oxygen atoms in total. The zero-order valence-corrected chi connectivity index (χ0v) is 9.07. The van der Waals surface area contributed by atoms with Crippen molar-refractivity contribution in [1.82, 2.24) is 9.38 Å². The minimum absolute atomic E-state index is 0.378. The highest BCUT2D eigenvalue weighted by Crippen LogP contribution is 2.24. The molecule has 2 aromatic rings. The van der Waals surface area contributed by atoms with E-state index in [1.807, 2.05) is 16.7 Å². The van der Waals surface area contributed by atoms with Gasteiger partial charge in [0, 0.05) is 12.6 Å². The highest BCUT2D eigenvalue weighted by Gasteiger charge is 2.12. The van der Waals surface area contributed by atoms with Gasteiger partial charge in [-0.15, -0.1) is 0 Å². The van der Waals surface area contributed by atoms with Crippen molar-refractivity contribution in [3.8, 4) is 0 Å². The van der Waals surface area contributed by atoms with Gasteiger partial charge < -0.3 is 15.2 Å². The first kappa shape index (κ1) is 10.3. The molecule has 15 heavy (non-hydrogen) atoms. The number of imidazole rings is 1. The standard InChI is InChI=1S/C10H12ClN3O/c1-6(15)5-8-13-10(11)9-7(12)3-2-4-14(8)9/h2-4,6,15H,5,12H2,1H3. The number of aliphatic hydroxyl groups is 1. The van der Waals surface area contributed by atoms with Crippen LogP contribution in [0.5, 0.6) is 0 Å². The third kappa shape index (κ3) is 1.78. The summed E-state index contributed by atoms with van der Waals surface area (Å²) >= 11 is 5.97. The van der Waals surface area contributed by atoms with Gasteiger partial charge in [-0.2, -0.15) is 0 Å². The molecule has 0 aromatic carbocycles. The zero-order chi connectivity index (χ0) is 11.0. The minimum Gasteiger partial charge on any atom is -0.397 e. The molecule has 2 aromatic heterocycles. The minimum atomic E-state index is -0.451. The lowest BCUT2D eigenvalue weighted by Gasteiger charge is -2.03. The van der Waals surface area contributed by atoms with Gasteiger partial charge in [-0.25, -0.2) is 4.98 Å². The number of nitrogens with zero attached hydrogens (tertiary/aromatic N) is 2. The number of hydrogen-bond donors (Lipinski definition) is 2. The van der Waals surface area contributed by atoms with E-state index in [9.17, 15) is 5.11 Å². The van der Waals surface area contributed by atoms with E-state index < -0.39 is 6.10 Å². The van der Waals surface area contributed by atoms with E-state index in [-0.39, 0.29) is 0 Å². The summed E-state index contributed by atoms with van der Waals surface area (Å²) in [4.78, 5) is 4.18. The van der Waals surface area contributed by atoms with Gasteiger partial charge in [-0.1, -0.05) is 11.6 Å². The predicted octanol–water partition coefficient (Wildman–Crippen LogP) is 1.49. The molecule has 0 aliphatic heterocycles. The molecular weight excluding hydrogens is 214 g/mol. The lowest BCUT2D eigenvalue weighted by Crippen LogP contribution is -2.07. The highest BCUT2D eigenvalue weighted by atomic mass is 35.5. The summed E-state index contributed by atoms with van der Waals surface area (Å²) in [5.41, 5.74) is 7.09. The van der Waals surface area contributed by atoms with Crippen LogP contribution in [-0.4, -0.2) is 20.6 Å². The van der Waals surface area contributed by atoms with E-state index in [1.54, 1.807) is 13.0 Å². The van der Waals surface area contributed by atoms with Gasteiger partial charge >= 0.3 is 0 Å². The summed E-state index contributed by atoms with van der Waals surface area (Å²) in [6, 6.07) is 3.60. The van der Waals surface area contributed by atoms with Crippen LogP contribution >= 0.6 is 11.6 Å². The molecule has 0 amide bonds. The van der Waals surface area contributed by atoms with Crippen molar-refractivity contribution in [2.75, 3.05) is 5.73 Å². The molecule has 2 heterocycles. The summed E-state index contributed by atoms with van der Waals surface area (Å²) in [7, 11) is 0. The Labute approximate surface area is 92.3 Å². The first-order valence-corrected chi connectivity index (χ1v) is 5.06. The Hall–Kier alpha value is -1.26. The second-order valence-corrected chi connectivity index (χ2v) is 3.91. The smallest absolute Gasteiger partial charge is 0.157 e. The number of aromatic nitrogens is 2. The number of nitrogen functional groups attached to an aromatic ring is 1. The molecule has 0 saturated carbocycles. The van der Waals surface area contributed by atoms with Crippen molar-refractivity contribution in [3.05, 3.63) is 29.3 Å². The molecule has 0 aliphatic rings. The summed E-state index contributed by atoms with van der Waals surface area (Å²) < 4.78 is 1.81. The molecule has 3 N–H and O–H groups in total. The van der Waals surface area contributed by atoms with Crippen molar-refractivity contribution < 1.29 is 5.11 Å². The van der Waals surface area contributed by atoms with Crippen LogP contribution in [0, 0.1) is 0 Å². The molecule has 0 aliphatic carbocycles. The molecule has 0 bridgehead atoms. The van der Waals surface area contributed by atoms with Gasteiger partial charge in [-0.05, 0) is 19.1 Å². The van der Waals surface area contributed by atoms with E-state index in [0.29, 0.717) is 22.8 Å². The summed E-state index contributed by atoms with van der Waals surface area (Å²) in [6.45, 7) is 1.71. The molecule has 2 rings (SSSR count). The van der Waals surface area contributed by atoms with Crippen molar-refractivity contribution in [1.29, 1.82) is 0 Å². The third-order valence-electron chi connectivity index (χ3n) is 2.20. The van der Waals surface area contributed by atoms with Crippen LogP contribution in [0.1, 0.15) is 12.7 Å². The second kappa shape index (κ2) is 3.72. The van der Waals surface area contributed by atoms with Crippen molar-refractivity contribution in [3.63, 3.8) is 0 Å². The average Bonchev–Trinajstić information content (AvgIpc) is 2.44. The number of nitrogens with two attached hydrogens (primary N) is 1. The van der Waals surface area contributed by atoms with Crippen LogP contribution in [0.15, 0.2) is 18.3 Å². The normalized spacial score (nSPS) is 13.3. The van der Waals surface area contributed by atoms with E-state index >= 15 is 0 Å². The van der Waals surface area contributed by atoms with E-state index in [1.165, 1.54) is 0 Å². The Morgan fingerprint density at radius 1 is 1.67 bits per heavy atom. The maximum absolute atomic E-state index is 9.32. The van der Waals surface area contributed by atoms with Crippen LogP contribution in [0.25, 0.3) is 5.52 Å². The van der Waals surface area contributed by atoms with Crippen molar-refractivity contribution in [2.24, 2.45) is 0 Å². The lowest BCUT2D eigenvalue weighted by atomic mass is 10.3. The Balaban J connectivity index is 2.63. The van der Waals surface area contributed by atoms with Gasteiger partial charge in [-0.3, -0.25) is 0 Å². The molecule has 0 radical (unpaired) electrons. The predicted molar refractivity (Wildman–Crippen MR) is 60.0 cm³/mol. The highest BCUT2D eigenvalue weighted by molar-refractivity contribution is 6.33. The number of fused-ring (bicyclic) bond motifs is 1.